The number of fused-ring (bicyclic) bond motifs is 1. The molecule has 0 N–H and O–H groups in total. The molecule has 1 aromatic carbocycles. The molecule has 0 fully saturated rings. The van der Waals surface area contributed by atoms with E-state index >= 15 is 0 Å². The summed E-state index contributed by atoms with van der Waals surface area (Å²) in [6.45, 7) is 3.78. The van der Waals surface area contributed by atoms with Crippen molar-refractivity contribution in [1.82, 2.24) is 4.98 Å². The standard InChI is InChI=1S/C11H8Cl3N/c1-5-3-7(12)4-8-10(14)9(13)6(2)15-11(5)8/h3-4H,1-2H3. The molecule has 1 aromatic heterocycles. The lowest BCUT2D eigenvalue weighted by Crippen LogP contribution is -1.90. The van der Waals surface area contributed by atoms with E-state index in [9.17, 15) is 0 Å². The van der Waals surface area contributed by atoms with Gasteiger partial charge in [0.2, 0.25) is 0 Å². The fourth-order valence-corrected chi connectivity index (χ4v) is 2.24. The van der Waals surface area contributed by atoms with Crippen LogP contribution >= 0.6 is 34.8 Å². The third kappa shape index (κ3) is 1.80. The van der Waals surface area contributed by atoms with Gasteiger partial charge in [0.15, 0.2) is 0 Å². The van der Waals surface area contributed by atoms with Gasteiger partial charge in [-0.3, -0.25) is 4.98 Å². The molecule has 4 heteroatoms. The Hall–Kier alpha value is -0.500. The van der Waals surface area contributed by atoms with Gasteiger partial charge in [-0.2, -0.15) is 0 Å². The van der Waals surface area contributed by atoms with Gasteiger partial charge < -0.3 is 0 Å². The first-order chi connectivity index (χ1) is 7.00. The summed E-state index contributed by atoms with van der Waals surface area (Å²) in [4.78, 5) is 4.40. The van der Waals surface area contributed by atoms with Crippen molar-refractivity contribution in [2.24, 2.45) is 0 Å². The predicted octanol–water partition coefficient (Wildman–Crippen LogP) is 4.81. The molecule has 78 valence electrons. The molecule has 1 heterocycles. The second kappa shape index (κ2) is 3.82. The largest absolute Gasteiger partial charge is 0.251 e. The van der Waals surface area contributed by atoms with Crippen LogP contribution in [0.15, 0.2) is 12.1 Å². The predicted molar refractivity (Wildman–Crippen MR) is 66.2 cm³/mol. The third-order valence-electron chi connectivity index (χ3n) is 2.29. The Morgan fingerprint density at radius 3 is 2.33 bits per heavy atom. The van der Waals surface area contributed by atoms with Crippen molar-refractivity contribution in [1.29, 1.82) is 0 Å². The van der Waals surface area contributed by atoms with E-state index in [4.69, 9.17) is 34.8 Å². The van der Waals surface area contributed by atoms with Crippen LogP contribution in [0.5, 0.6) is 0 Å². The number of benzene rings is 1. The van der Waals surface area contributed by atoms with Gasteiger partial charge in [0, 0.05) is 10.4 Å². The quantitative estimate of drug-likeness (QED) is 0.662. The summed E-state index contributed by atoms with van der Waals surface area (Å²) in [5.41, 5.74) is 2.59. The molecule has 0 saturated heterocycles. The molecule has 0 saturated carbocycles. The lowest BCUT2D eigenvalue weighted by Gasteiger charge is -2.08. The molecule has 2 rings (SSSR count). The van der Waals surface area contributed by atoms with Crippen molar-refractivity contribution in [3.05, 3.63) is 38.5 Å². The van der Waals surface area contributed by atoms with Crippen molar-refractivity contribution in [2.45, 2.75) is 13.8 Å². The third-order valence-corrected chi connectivity index (χ3v) is 3.46. The molecule has 1 nitrogen and oxygen atoms in total. The fourth-order valence-electron chi connectivity index (χ4n) is 1.55. The van der Waals surface area contributed by atoms with Gasteiger partial charge >= 0.3 is 0 Å². The molecule has 2 aromatic rings. The number of rotatable bonds is 0. The monoisotopic (exact) mass is 259 g/mol. The lowest BCUT2D eigenvalue weighted by atomic mass is 10.1. The summed E-state index contributed by atoms with van der Waals surface area (Å²) in [6.07, 6.45) is 0. The summed E-state index contributed by atoms with van der Waals surface area (Å²) in [5.74, 6) is 0. The topological polar surface area (TPSA) is 12.9 Å². The first-order valence-electron chi connectivity index (χ1n) is 4.42. The molecule has 0 aliphatic rings. The highest BCUT2D eigenvalue weighted by atomic mass is 35.5. The smallest absolute Gasteiger partial charge is 0.0811 e. The molecule has 0 aliphatic heterocycles. The lowest BCUT2D eigenvalue weighted by molar-refractivity contribution is 1.24. The van der Waals surface area contributed by atoms with E-state index in [-0.39, 0.29) is 0 Å². The minimum atomic E-state index is 0.492. The molecule has 0 spiro atoms. The van der Waals surface area contributed by atoms with E-state index in [0.29, 0.717) is 15.1 Å². The Kier molecular flexibility index (Phi) is 2.80. The summed E-state index contributed by atoms with van der Waals surface area (Å²) in [7, 11) is 0. The summed E-state index contributed by atoms with van der Waals surface area (Å²) < 4.78 is 0. The Bertz CT molecular complexity index is 549. The van der Waals surface area contributed by atoms with Gasteiger partial charge in [0.25, 0.3) is 0 Å². The molecule has 0 bridgehead atoms. The van der Waals surface area contributed by atoms with Crippen molar-refractivity contribution in [3.8, 4) is 0 Å². The minimum Gasteiger partial charge on any atom is -0.251 e. The number of aromatic nitrogens is 1. The van der Waals surface area contributed by atoms with Crippen LogP contribution < -0.4 is 0 Å². The SMILES string of the molecule is Cc1nc2c(C)cc(Cl)cc2c(Cl)c1Cl. The number of nitrogens with zero attached hydrogens (tertiary/aromatic N) is 1. The van der Waals surface area contributed by atoms with E-state index in [0.717, 1.165) is 22.2 Å². The highest BCUT2D eigenvalue weighted by Gasteiger charge is 2.11. The molecule has 15 heavy (non-hydrogen) atoms. The molecule has 0 aliphatic carbocycles. The van der Waals surface area contributed by atoms with Crippen LogP contribution in [0.2, 0.25) is 15.1 Å². The van der Waals surface area contributed by atoms with Crippen LogP contribution in [0.1, 0.15) is 11.3 Å². The van der Waals surface area contributed by atoms with Gasteiger partial charge in [0.05, 0.1) is 21.3 Å². The first-order valence-corrected chi connectivity index (χ1v) is 5.55. The summed E-state index contributed by atoms with van der Waals surface area (Å²) in [6, 6.07) is 3.64. The van der Waals surface area contributed by atoms with E-state index < -0.39 is 0 Å². The Morgan fingerprint density at radius 1 is 1.00 bits per heavy atom. The highest BCUT2D eigenvalue weighted by Crippen LogP contribution is 2.34. The summed E-state index contributed by atoms with van der Waals surface area (Å²) >= 11 is 18.1. The highest BCUT2D eigenvalue weighted by molar-refractivity contribution is 6.45. The van der Waals surface area contributed by atoms with Crippen LogP contribution in [-0.4, -0.2) is 4.98 Å². The van der Waals surface area contributed by atoms with E-state index in [2.05, 4.69) is 4.98 Å². The van der Waals surface area contributed by atoms with Gasteiger partial charge in [-0.25, -0.2) is 0 Å². The number of halogens is 3. The van der Waals surface area contributed by atoms with Gasteiger partial charge in [-0.05, 0) is 31.5 Å². The molecule has 0 radical (unpaired) electrons. The number of pyridine rings is 1. The average molecular weight is 261 g/mol. The van der Waals surface area contributed by atoms with Gasteiger partial charge in [0.1, 0.15) is 0 Å². The Labute approximate surface area is 103 Å². The number of aryl methyl sites for hydroxylation is 2. The van der Waals surface area contributed by atoms with E-state index in [1.165, 1.54) is 0 Å². The van der Waals surface area contributed by atoms with Crippen molar-refractivity contribution in [3.63, 3.8) is 0 Å². The molecule has 0 atom stereocenters. The maximum Gasteiger partial charge on any atom is 0.0811 e. The van der Waals surface area contributed by atoms with E-state index in [1.807, 2.05) is 19.9 Å². The van der Waals surface area contributed by atoms with Crippen molar-refractivity contribution in [2.75, 3.05) is 0 Å². The van der Waals surface area contributed by atoms with Crippen LogP contribution in [0.3, 0.4) is 0 Å². The number of hydrogen-bond acceptors (Lipinski definition) is 1. The van der Waals surface area contributed by atoms with Crippen LogP contribution in [-0.2, 0) is 0 Å². The molecular weight excluding hydrogens is 252 g/mol. The van der Waals surface area contributed by atoms with Crippen molar-refractivity contribution >= 4 is 45.7 Å². The maximum absolute atomic E-state index is 6.14. The van der Waals surface area contributed by atoms with Crippen LogP contribution in [0.4, 0.5) is 0 Å². The normalized spacial score (nSPS) is 11.0. The van der Waals surface area contributed by atoms with Gasteiger partial charge in [-0.1, -0.05) is 34.8 Å². The minimum absolute atomic E-state index is 0.492. The molecule has 0 amide bonds. The van der Waals surface area contributed by atoms with Gasteiger partial charge in [-0.15, -0.1) is 0 Å². The summed E-state index contributed by atoms with van der Waals surface area (Å²) in [5, 5.41) is 2.46. The molecule has 0 unspecified atom stereocenters. The first kappa shape index (κ1) is 11.0. The Balaban J connectivity index is 2.98. The van der Waals surface area contributed by atoms with Crippen molar-refractivity contribution < 1.29 is 0 Å². The zero-order valence-electron chi connectivity index (χ0n) is 8.24. The molecular formula is C11H8Cl3N. The second-order valence-corrected chi connectivity index (χ2v) is 4.64. The zero-order valence-corrected chi connectivity index (χ0v) is 10.5. The second-order valence-electron chi connectivity index (χ2n) is 3.44. The zero-order chi connectivity index (χ0) is 11.2. The van der Waals surface area contributed by atoms with E-state index in [1.54, 1.807) is 6.07 Å². The van der Waals surface area contributed by atoms with Crippen LogP contribution in [0, 0.1) is 13.8 Å². The fraction of sp³-hybridized carbons (Fsp3) is 0.182. The van der Waals surface area contributed by atoms with Crippen LogP contribution in [0.25, 0.3) is 10.9 Å². The average Bonchev–Trinajstić information content (AvgIpc) is 2.17. The Morgan fingerprint density at radius 2 is 1.67 bits per heavy atom. The number of hydrogen-bond donors (Lipinski definition) is 0. The maximum atomic E-state index is 6.14.